The monoisotopic (exact) mass is 237 g/mol. The largest absolute Gasteiger partial charge is 0.447 e. The molecule has 3 rings (SSSR count). The van der Waals surface area contributed by atoms with Gasteiger partial charge in [-0.3, -0.25) is 4.90 Å². The zero-order valence-electron chi connectivity index (χ0n) is 10.2. The molecule has 0 spiro atoms. The number of nitrogens with zero attached hydrogens (tertiary/aromatic N) is 1. The predicted octanol–water partition coefficient (Wildman–Crippen LogP) is 1.83. The zero-order valence-corrected chi connectivity index (χ0v) is 10.2. The molecule has 4 nitrogen and oxygen atoms in total. The summed E-state index contributed by atoms with van der Waals surface area (Å²) in [5.74, 6) is 1.15. The van der Waals surface area contributed by atoms with Crippen LogP contribution in [-0.2, 0) is 9.53 Å². The molecule has 0 aromatic rings. The number of hydrogen-bond acceptors (Lipinski definition) is 3. The highest BCUT2D eigenvalue weighted by Gasteiger charge is 2.50. The Hall–Kier alpha value is -1.06. The van der Waals surface area contributed by atoms with Gasteiger partial charge in [0.25, 0.3) is 0 Å². The van der Waals surface area contributed by atoms with Crippen LogP contribution in [0.1, 0.15) is 32.6 Å². The first-order chi connectivity index (χ1) is 8.22. The van der Waals surface area contributed by atoms with E-state index in [1.54, 1.807) is 0 Å². The Morgan fingerprint density at radius 1 is 1.35 bits per heavy atom. The molecular formula is C13H19NO3. The average molecular weight is 237 g/mol. The second-order valence-corrected chi connectivity index (χ2v) is 5.67. The lowest BCUT2D eigenvalue weighted by atomic mass is 9.65. The Morgan fingerprint density at radius 3 is 2.94 bits per heavy atom. The molecule has 94 valence electrons. The van der Waals surface area contributed by atoms with Crippen LogP contribution in [0.5, 0.6) is 0 Å². The zero-order chi connectivity index (χ0) is 12.0. The normalized spacial score (nSPS) is 44.9. The maximum atomic E-state index is 11.7. The second kappa shape index (κ2) is 4.00. The number of cyclic esters (lactones) is 1. The third-order valence-electron chi connectivity index (χ3n) is 4.96. The number of amides is 1. The van der Waals surface area contributed by atoms with Crippen molar-refractivity contribution in [1.29, 1.82) is 0 Å². The van der Waals surface area contributed by atoms with Gasteiger partial charge >= 0.3 is 6.09 Å². The van der Waals surface area contributed by atoms with Gasteiger partial charge in [0.05, 0.1) is 6.04 Å². The van der Waals surface area contributed by atoms with Crippen molar-refractivity contribution < 1.29 is 14.3 Å². The lowest BCUT2D eigenvalue weighted by molar-refractivity contribution is -0.116. The maximum Gasteiger partial charge on any atom is 0.410 e. The summed E-state index contributed by atoms with van der Waals surface area (Å²) in [6, 6.07) is 0.441. The first-order valence-corrected chi connectivity index (χ1v) is 6.62. The Labute approximate surface area is 101 Å². The van der Waals surface area contributed by atoms with E-state index in [4.69, 9.17) is 4.74 Å². The van der Waals surface area contributed by atoms with Crippen LogP contribution in [0.15, 0.2) is 0 Å². The van der Waals surface area contributed by atoms with E-state index in [1.807, 2.05) is 4.90 Å². The molecule has 5 atom stereocenters. The Morgan fingerprint density at radius 2 is 2.18 bits per heavy atom. The van der Waals surface area contributed by atoms with Gasteiger partial charge in [0.15, 0.2) is 0 Å². The lowest BCUT2D eigenvalue weighted by Gasteiger charge is -2.48. The molecule has 0 bridgehead atoms. The van der Waals surface area contributed by atoms with Gasteiger partial charge in [0, 0.05) is 12.0 Å². The Balaban J connectivity index is 1.86. The number of carbonyl (C=O) groups excluding carboxylic acids is 2. The number of aldehydes is 1. The van der Waals surface area contributed by atoms with E-state index in [2.05, 4.69) is 6.92 Å². The first-order valence-electron chi connectivity index (χ1n) is 6.62. The minimum absolute atomic E-state index is 0.158. The first kappa shape index (κ1) is 11.1. The quantitative estimate of drug-likeness (QED) is 0.654. The summed E-state index contributed by atoms with van der Waals surface area (Å²) in [7, 11) is 0. The average Bonchev–Trinajstić information content (AvgIpc) is 2.71. The van der Waals surface area contributed by atoms with Gasteiger partial charge in [-0.25, -0.2) is 4.79 Å². The fraction of sp³-hybridized carbons (Fsp3) is 0.846. The van der Waals surface area contributed by atoms with E-state index in [-0.39, 0.29) is 24.1 Å². The van der Waals surface area contributed by atoms with Crippen LogP contribution in [-0.4, -0.2) is 36.0 Å². The predicted molar refractivity (Wildman–Crippen MR) is 61.4 cm³/mol. The van der Waals surface area contributed by atoms with Crippen molar-refractivity contribution >= 4 is 12.4 Å². The molecular weight excluding hydrogens is 218 g/mol. The van der Waals surface area contributed by atoms with Crippen LogP contribution in [0.4, 0.5) is 4.79 Å². The van der Waals surface area contributed by atoms with Crippen LogP contribution in [0, 0.1) is 17.8 Å². The Kier molecular flexibility index (Phi) is 2.60. The smallest absolute Gasteiger partial charge is 0.410 e. The van der Waals surface area contributed by atoms with E-state index in [0.717, 1.165) is 32.0 Å². The van der Waals surface area contributed by atoms with Crippen LogP contribution in [0.3, 0.4) is 0 Å². The SMILES string of the molecule is C[C@H]1[C@@H]2CCC[C@H](C=O)[C@H]2C[C@@H]2COC(=O)N21. The van der Waals surface area contributed by atoms with Gasteiger partial charge in [-0.2, -0.15) is 0 Å². The number of piperidine rings is 1. The van der Waals surface area contributed by atoms with Crippen LogP contribution in [0.2, 0.25) is 0 Å². The summed E-state index contributed by atoms with van der Waals surface area (Å²) < 4.78 is 5.14. The number of carbonyl (C=O) groups is 2. The van der Waals surface area contributed by atoms with E-state index in [9.17, 15) is 9.59 Å². The molecule has 17 heavy (non-hydrogen) atoms. The van der Waals surface area contributed by atoms with Gasteiger partial charge in [-0.1, -0.05) is 6.42 Å². The molecule has 0 N–H and O–H groups in total. The molecule has 2 saturated heterocycles. The van der Waals surface area contributed by atoms with Crippen LogP contribution >= 0.6 is 0 Å². The van der Waals surface area contributed by atoms with Gasteiger partial charge < -0.3 is 9.53 Å². The van der Waals surface area contributed by atoms with Gasteiger partial charge in [0.2, 0.25) is 0 Å². The molecule has 1 saturated carbocycles. The summed E-state index contributed by atoms with van der Waals surface area (Å²) in [5.41, 5.74) is 0. The second-order valence-electron chi connectivity index (χ2n) is 5.67. The van der Waals surface area contributed by atoms with Crippen molar-refractivity contribution in [2.45, 2.75) is 44.7 Å². The van der Waals surface area contributed by atoms with Crippen molar-refractivity contribution in [1.82, 2.24) is 4.90 Å². The van der Waals surface area contributed by atoms with Gasteiger partial charge in [-0.15, -0.1) is 0 Å². The number of rotatable bonds is 1. The van der Waals surface area contributed by atoms with Crippen LogP contribution < -0.4 is 0 Å². The highest BCUT2D eigenvalue weighted by atomic mass is 16.6. The minimum atomic E-state index is -0.158. The third-order valence-corrected chi connectivity index (χ3v) is 4.96. The molecule has 3 aliphatic rings. The number of fused-ring (bicyclic) bond motifs is 2. The van der Waals surface area contributed by atoms with Crippen LogP contribution in [0.25, 0.3) is 0 Å². The summed E-state index contributed by atoms with van der Waals surface area (Å²) in [5, 5.41) is 0. The van der Waals surface area contributed by atoms with Gasteiger partial charge in [0.1, 0.15) is 12.9 Å². The Bertz CT molecular complexity index is 344. The molecule has 0 aromatic heterocycles. The lowest BCUT2D eigenvalue weighted by Crippen LogP contribution is -2.54. The van der Waals surface area contributed by atoms with Crippen molar-refractivity contribution in [3.63, 3.8) is 0 Å². The summed E-state index contributed by atoms with van der Waals surface area (Å²) in [6.45, 7) is 2.63. The molecule has 0 radical (unpaired) electrons. The standard InChI is InChI=1S/C13H19NO3/c1-8-11-4-2-3-9(6-15)12(11)5-10-7-17-13(16)14(8)10/h6,8-12H,2-5,7H2,1H3/t8-,9+,10+,11-,12+/m0/s1. The topological polar surface area (TPSA) is 46.6 Å². The molecule has 2 heterocycles. The molecule has 1 aliphatic carbocycles. The van der Waals surface area contributed by atoms with Crippen molar-refractivity contribution in [3.8, 4) is 0 Å². The maximum absolute atomic E-state index is 11.7. The summed E-state index contributed by atoms with van der Waals surface area (Å²) in [4.78, 5) is 24.8. The van der Waals surface area contributed by atoms with Crippen molar-refractivity contribution in [3.05, 3.63) is 0 Å². The molecule has 3 fully saturated rings. The molecule has 0 aromatic carbocycles. The molecule has 1 amide bonds. The van der Waals surface area contributed by atoms with E-state index >= 15 is 0 Å². The van der Waals surface area contributed by atoms with E-state index in [0.29, 0.717) is 18.4 Å². The molecule has 4 heteroatoms. The highest BCUT2D eigenvalue weighted by molar-refractivity contribution is 5.71. The fourth-order valence-corrected chi connectivity index (χ4v) is 4.12. The summed E-state index contributed by atoms with van der Waals surface area (Å²) in [6.07, 6.45) is 5.21. The van der Waals surface area contributed by atoms with E-state index in [1.165, 1.54) is 0 Å². The van der Waals surface area contributed by atoms with E-state index < -0.39 is 0 Å². The van der Waals surface area contributed by atoms with Crippen molar-refractivity contribution in [2.24, 2.45) is 17.8 Å². The minimum Gasteiger partial charge on any atom is -0.447 e. The van der Waals surface area contributed by atoms with Gasteiger partial charge in [-0.05, 0) is 38.0 Å². The molecule has 0 unspecified atom stereocenters. The fourth-order valence-electron chi connectivity index (χ4n) is 4.12. The number of hydrogen-bond donors (Lipinski definition) is 0. The summed E-state index contributed by atoms with van der Waals surface area (Å²) >= 11 is 0. The number of ether oxygens (including phenoxy) is 1. The third kappa shape index (κ3) is 1.57. The van der Waals surface area contributed by atoms with Crippen molar-refractivity contribution in [2.75, 3.05) is 6.61 Å². The highest BCUT2D eigenvalue weighted by Crippen LogP contribution is 2.45. The molecule has 2 aliphatic heterocycles.